The Hall–Kier alpha value is -1.06. The van der Waals surface area contributed by atoms with Gasteiger partial charge in [0.2, 0.25) is 0 Å². The number of aliphatic hydroxyl groups is 1. The molecule has 0 bridgehead atoms. The highest BCUT2D eigenvalue weighted by molar-refractivity contribution is 5.39. The predicted molar refractivity (Wildman–Crippen MR) is 73.4 cm³/mol. The molecule has 1 saturated heterocycles. The van der Waals surface area contributed by atoms with Crippen molar-refractivity contribution in [2.24, 2.45) is 0 Å². The molecule has 2 unspecified atom stereocenters. The van der Waals surface area contributed by atoms with Gasteiger partial charge in [-0.1, -0.05) is 6.07 Å². The monoisotopic (exact) mass is 262 g/mol. The molecular weight excluding hydrogens is 240 g/mol. The summed E-state index contributed by atoms with van der Waals surface area (Å²) in [7, 11) is 0. The SMILES string of the molecule is OC1CCc2cc(OCCCC3CCCO3)ccc21. The molecule has 1 aliphatic heterocycles. The zero-order valence-electron chi connectivity index (χ0n) is 11.3. The maximum Gasteiger partial charge on any atom is 0.119 e. The van der Waals surface area contributed by atoms with Crippen molar-refractivity contribution in [1.82, 2.24) is 0 Å². The van der Waals surface area contributed by atoms with Crippen molar-refractivity contribution in [2.75, 3.05) is 13.2 Å². The van der Waals surface area contributed by atoms with Crippen LogP contribution >= 0.6 is 0 Å². The average molecular weight is 262 g/mol. The number of aryl methyl sites for hydroxylation is 1. The Balaban J connectivity index is 1.45. The van der Waals surface area contributed by atoms with Crippen LogP contribution in [0.4, 0.5) is 0 Å². The molecule has 0 spiro atoms. The summed E-state index contributed by atoms with van der Waals surface area (Å²) in [5.41, 5.74) is 2.32. The van der Waals surface area contributed by atoms with Crippen molar-refractivity contribution < 1.29 is 14.6 Å². The third kappa shape index (κ3) is 3.10. The molecule has 0 aromatic heterocycles. The highest BCUT2D eigenvalue weighted by Crippen LogP contribution is 2.33. The van der Waals surface area contributed by atoms with Crippen molar-refractivity contribution in [1.29, 1.82) is 0 Å². The molecule has 1 aromatic carbocycles. The first-order valence-corrected chi connectivity index (χ1v) is 7.38. The van der Waals surface area contributed by atoms with Gasteiger partial charge in [-0.25, -0.2) is 0 Å². The fraction of sp³-hybridized carbons (Fsp3) is 0.625. The summed E-state index contributed by atoms with van der Waals surface area (Å²) in [5, 5.41) is 9.75. The van der Waals surface area contributed by atoms with Crippen molar-refractivity contribution >= 4 is 0 Å². The van der Waals surface area contributed by atoms with E-state index >= 15 is 0 Å². The molecule has 1 N–H and O–H groups in total. The second-order valence-corrected chi connectivity index (χ2v) is 5.54. The molecule has 0 radical (unpaired) electrons. The summed E-state index contributed by atoms with van der Waals surface area (Å²) >= 11 is 0. The van der Waals surface area contributed by atoms with Gasteiger partial charge in [0, 0.05) is 6.61 Å². The number of aliphatic hydroxyl groups excluding tert-OH is 1. The second-order valence-electron chi connectivity index (χ2n) is 5.54. The number of hydrogen-bond donors (Lipinski definition) is 1. The van der Waals surface area contributed by atoms with E-state index in [1.807, 2.05) is 12.1 Å². The molecule has 2 aliphatic rings. The molecule has 1 aromatic rings. The normalized spacial score (nSPS) is 25.5. The van der Waals surface area contributed by atoms with Gasteiger partial charge in [-0.3, -0.25) is 0 Å². The van der Waals surface area contributed by atoms with Crippen LogP contribution in [0.1, 0.15) is 49.3 Å². The van der Waals surface area contributed by atoms with Gasteiger partial charge in [0.1, 0.15) is 5.75 Å². The summed E-state index contributed by atoms with van der Waals surface area (Å²) < 4.78 is 11.4. The minimum Gasteiger partial charge on any atom is -0.494 e. The van der Waals surface area contributed by atoms with Crippen molar-refractivity contribution in [3.8, 4) is 5.75 Å². The Morgan fingerprint density at radius 3 is 3.11 bits per heavy atom. The summed E-state index contributed by atoms with van der Waals surface area (Å²) in [6, 6.07) is 6.06. The van der Waals surface area contributed by atoms with Crippen LogP contribution in [-0.2, 0) is 11.2 Å². The fourth-order valence-corrected chi connectivity index (χ4v) is 3.03. The zero-order valence-corrected chi connectivity index (χ0v) is 11.3. The maximum atomic E-state index is 9.75. The summed E-state index contributed by atoms with van der Waals surface area (Å²) in [6.45, 7) is 1.68. The Morgan fingerprint density at radius 2 is 2.26 bits per heavy atom. The van der Waals surface area contributed by atoms with Crippen LogP contribution in [0.25, 0.3) is 0 Å². The second kappa shape index (κ2) is 5.93. The molecule has 1 heterocycles. The lowest BCUT2D eigenvalue weighted by atomic mass is 10.1. The fourth-order valence-electron chi connectivity index (χ4n) is 3.03. The van der Waals surface area contributed by atoms with Crippen LogP contribution < -0.4 is 4.74 Å². The molecule has 1 fully saturated rings. The molecule has 3 nitrogen and oxygen atoms in total. The van der Waals surface area contributed by atoms with Crippen LogP contribution in [0.5, 0.6) is 5.75 Å². The van der Waals surface area contributed by atoms with E-state index in [4.69, 9.17) is 9.47 Å². The molecule has 0 amide bonds. The topological polar surface area (TPSA) is 38.7 Å². The first-order valence-electron chi connectivity index (χ1n) is 7.38. The van der Waals surface area contributed by atoms with Crippen molar-refractivity contribution in [3.63, 3.8) is 0 Å². The van der Waals surface area contributed by atoms with Gasteiger partial charge >= 0.3 is 0 Å². The summed E-state index contributed by atoms with van der Waals surface area (Å²) in [5.74, 6) is 0.931. The highest BCUT2D eigenvalue weighted by Gasteiger charge is 2.20. The van der Waals surface area contributed by atoms with E-state index in [0.29, 0.717) is 6.10 Å². The standard InChI is InChI=1S/C16H22O3/c17-16-8-5-12-11-14(6-7-15(12)16)19-10-2-4-13-3-1-9-18-13/h6-7,11,13,16-17H,1-5,8-10H2. The lowest BCUT2D eigenvalue weighted by molar-refractivity contribution is 0.0981. The third-order valence-electron chi connectivity index (χ3n) is 4.12. The number of rotatable bonds is 5. The van der Waals surface area contributed by atoms with Crippen molar-refractivity contribution in [3.05, 3.63) is 29.3 Å². The van der Waals surface area contributed by atoms with Crippen LogP contribution in [0.2, 0.25) is 0 Å². The highest BCUT2D eigenvalue weighted by atomic mass is 16.5. The van der Waals surface area contributed by atoms with Gasteiger partial charge in [-0.15, -0.1) is 0 Å². The van der Waals surface area contributed by atoms with E-state index in [0.717, 1.165) is 50.2 Å². The van der Waals surface area contributed by atoms with Crippen molar-refractivity contribution in [2.45, 2.75) is 50.7 Å². The molecule has 2 atom stereocenters. The smallest absolute Gasteiger partial charge is 0.119 e. The van der Waals surface area contributed by atoms with Gasteiger partial charge in [-0.05, 0) is 61.8 Å². The van der Waals surface area contributed by atoms with Crippen LogP contribution in [0.3, 0.4) is 0 Å². The zero-order chi connectivity index (χ0) is 13.1. The Morgan fingerprint density at radius 1 is 1.32 bits per heavy atom. The molecule has 1 aliphatic carbocycles. The third-order valence-corrected chi connectivity index (χ3v) is 4.12. The molecule has 0 saturated carbocycles. The summed E-state index contributed by atoms with van der Waals surface area (Å²) in [6.07, 6.45) is 6.55. The molecule has 104 valence electrons. The van der Waals surface area contributed by atoms with Gasteiger partial charge in [0.05, 0.1) is 18.8 Å². The molecular formula is C16H22O3. The molecule has 19 heavy (non-hydrogen) atoms. The molecule has 3 rings (SSSR count). The lowest BCUT2D eigenvalue weighted by Crippen LogP contribution is -2.07. The first kappa shape index (κ1) is 12.9. The van der Waals surface area contributed by atoms with Gasteiger partial charge in [-0.2, -0.15) is 0 Å². The number of hydrogen-bond acceptors (Lipinski definition) is 3. The number of ether oxygens (including phenoxy) is 2. The van der Waals surface area contributed by atoms with E-state index in [1.54, 1.807) is 0 Å². The average Bonchev–Trinajstić information content (AvgIpc) is 3.05. The van der Waals surface area contributed by atoms with E-state index < -0.39 is 0 Å². The van der Waals surface area contributed by atoms with E-state index in [1.165, 1.54) is 18.4 Å². The number of fused-ring (bicyclic) bond motifs is 1. The van der Waals surface area contributed by atoms with E-state index in [2.05, 4.69) is 6.07 Å². The largest absolute Gasteiger partial charge is 0.494 e. The molecule has 3 heteroatoms. The van der Waals surface area contributed by atoms with Crippen LogP contribution in [0, 0.1) is 0 Å². The predicted octanol–water partition coefficient (Wildman–Crippen LogP) is 3.00. The Labute approximate surface area is 114 Å². The van der Waals surface area contributed by atoms with Gasteiger partial charge in [0.25, 0.3) is 0 Å². The maximum absolute atomic E-state index is 9.75. The first-order chi connectivity index (χ1) is 9.33. The van der Waals surface area contributed by atoms with Gasteiger partial charge < -0.3 is 14.6 Å². The quantitative estimate of drug-likeness (QED) is 0.829. The summed E-state index contributed by atoms with van der Waals surface area (Å²) in [4.78, 5) is 0. The minimum absolute atomic E-state index is 0.274. The van der Waals surface area contributed by atoms with E-state index in [-0.39, 0.29) is 6.10 Å². The van der Waals surface area contributed by atoms with Crippen LogP contribution in [-0.4, -0.2) is 24.4 Å². The Bertz CT molecular complexity index is 424. The minimum atomic E-state index is -0.274. The van der Waals surface area contributed by atoms with Crippen LogP contribution in [0.15, 0.2) is 18.2 Å². The van der Waals surface area contributed by atoms with E-state index in [9.17, 15) is 5.11 Å². The van der Waals surface area contributed by atoms with Gasteiger partial charge in [0.15, 0.2) is 0 Å². The Kier molecular flexibility index (Phi) is 4.04. The lowest BCUT2D eigenvalue weighted by Gasteiger charge is -2.11. The number of benzene rings is 1.